The molecule has 0 aromatic heterocycles. The molecule has 1 aliphatic heterocycles. The summed E-state index contributed by atoms with van der Waals surface area (Å²) in [6.07, 6.45) is -1.47. The first-order valence-electron chi connectivity index (χ1n) is 16.4. The van der Waals surface area contributed by atoms with Crippen LogP contribution in [0.5, 0.6) is 0 Å². The Balaban J connectivity index is 1.63. The average Bonchev–Trinajstić information content (AvgIpc) is 3.55. The molecule has 0 spiro atoms. The third-order valence-electron chi connectivity index (χ3n) is 7.74. The summed E-state index contributed by atoms with van der Waals surface area (Å²) in [5.74, 6) is -0.395. The van der Waals surface area contributed by atoms with E-state index in [1.807, 2.05) is 65.3 Å². The van der Waals surface area contributed by atoms with Gasteiger partial charge in [0, 0.05) is 44.8 Å². The molecule has 268 valence electrons. The lowest BCUT2D eigenvalue weighted by Gasteiger charge is -2.30. The number of rotatable bonds is 20. The molecule has 0 radical (unpaired) electrons. The maximum atomic E-state index is 13.9. The quantitative estimate of drug-likeness (QED) is 0.177. The molecule has 3 rings (SSSR count). The Hall–Kier alpha value is -3.11. The molecule has 48 heavy (non-hydrogen) atoms. The van der Waals surface area contributed by atoms with Gasteiger partial charge in [-0.25, -0.2) is 13.2 Å². The number of alkyl carbamates (subject to hydrolysis) is 1. The van der Waals surface area contributed by atoms with Crippen LogP contribution in [-0.2, 0) is 35.4 Å². The Morgan fingerprint density at radius 1 is 1.00 bits per heavy atom. The van der Waals surface area contributed by atoms with Crippen molar-refractivity contribution >= 4 is 27.7 Å². The van der Waals surface area contributed by atoms with E-state index in [1.165, 1.54) is 28.6 Å². The highest BCUT2D eigenvalue weighted by molar-refractivity contribution is 7.89. The largest absolute Gasteiger partial charge is 0.444 e. The molecule has 3 atom stereocenters. The fraction of sp³-hybridized carbons (Fsp3) is 0.588. The SMILES string of the molecule is CC(C)CN(C[C@@H](O)[C@H](Cc1ccccc1)NC(=O)O[C@H]1CCOC1)S(=O)(=O)c1ccc(NC(=O)COCCN(C)CCN(C)C)cc1. The van der Waals surface area contributed by atoms with Crippen molar-refractivity contribution in [3.63, 3.8) is 0 Å². The molecule has 1 heterocycles. The van der Waals surface area contributed by atoms with Crippen LogP contribution in [0, 0.1) is 5.92 Å². The van der Waals surface area contributed by atoms with E-state index in [0.29, 0.717) is 38.5 Å². The monoisotopic (exact) mass is 691 g/mol. The lowest BCUT2D eigenvalue weighted by molar-refractivity contribution is -0.120. The van der Waals surface area contributed by atoms with Crippen molar-refractivity contribution in [1.82, 2.24) is 19.4 Å². The molecule has 1 saturated heterocycles. The summed E-state index contributed by atoms with van der Waals surface area (Å²) >= 11 is 0. The van der Waals surface area contributed by atoms with Gasteiger partial charge in [-0.1, -0.05) is 44.2 Å². The summed E-state index contributed by atoms with van der Waals surface area (Å²) in [5.41, 5.74) is 1.29. The number of ether oxygens (including phenoxy) is 3. The van der Waals surface area contributed by atoms with Crippen molar-refractivity contribution in [2.45, 2.75) is 49.8 Å². The average molecular weight is 692 g/mol. The van der Waals surface area contributed by atoms with Crippen LogP contribution in [0.25, 0.3) is 0 Å². The van der Waals surface area contributed by atoms with Gasteiger partial charge in [0.2, 0.25) is 15.9 Å². The molecule has 0 unspecified atom stereocenters. The number of aliphatic hydroxyl groups excluding tert-OH is 1. The zero-order valence-corrected chi connectivity index (χ0v) is 29.7. The number of carbonyl (C=O) groups excluding carboxylic acids is 2. The van der Waals surface area contributed by atoms with E-state index in [9.17, 15) is 23.1 Å². The molecule has 0 aliphatic carbocycles. The summed E-state index contributed by atoms with van der Waals surface area (Å²) in [6.45, 7) is 7.27. The minimum Gasteiger partial charge on any atom is -0.444 e. The number of hydrogen-bond donors (Lipinski definition) is 3. The summed E-state index contributed by atoms with van der Waals surface area (Å²) in [7, 11) is 1.96. The Labute approximate surface area is 285 Å². The summed E-state index contributed by atoms with van der Waals surface area (Å²) in [4.78, 5) is 29.4. The highest BCUT2D eigenvalue weighted by Gasteiger charge is 2.32. The molecule has 2 amide bonds. The van der Waals surface area contributed by atoms with Gasteiger partial charge in [-0.15, -0.1) is 0 Å². The first-order chi connectivity index (χ1) is 22.8. The summed E-state index contributed by atoms with van der Waals surface area (Å²) in [6, 6.07) is 14.4. The van der Waals surface area contributed by atoms with Crippen LogP contribution in [0.1, 0.15) is 25.8 Å². The zero-order chi connectivity index (χ0) is 35.1. The van der Waals surface area contributed by atoms with E-state index in [-0.39, 0.29) is 48.9 Å². The number of hydrogen-bond acceptors (Lipinski definition) is 10. The number of carbonyl (C=O) groups is 2. The molecule has 1 aliphatic rings. The Bertz CT molecular complexity index is 1360. The van der Waals surface area contributed by atoms with Crippen molar-refractivity contribution in [3.05, 3.63) is 60.2 Å². The van der Waals surface area contributed by atoms with Gasteiger partial charge in [0.1, 0.15) is 12.7 Å². The van der Waals surface area contributed by atoms with Gasteiger partial charge in [0.05, 0.1) is 36.9 Å². The third kappa shape index (κ3) is 13.8. The van der Waals surface area contributed by atoms with Gasteiger partial charge in [0.15, 0.2) is 0 Å². The van der Waals surface area contributed by atoms with Crippen LogP contribution in [0.4, 0.5) is 10.5 Å². The number of amides is 2. The second kappa shape index (κ2) is 19.8. The Kier molecular flexibility index (Phi) is 16.2. The van der Waals surface area contributed by atoms with E-state index in [0.717, 1.165) is 18.7 Å². The molecular weight excluding hydrogens is 638 g/mol. The molecule has 3 N–H and O–H groups in total. The topological polar surface area (TPSA) is 150 Å². The second-order valence-electron chi connectivity index (χ2n) is 12.8. The van der Waals surface area contributed by atoms with E-state index in [1.54, 1.807) is 0 Å². The van der Waals surface area contributed by atoms with E-state index in [4.69, 9.17) is 14.2 Å². The van der Waals surface area contributed by atoms with Crippen molar-refractivity contribution in [3.8, 4) is 0 Å². The number of likely N-dealkylation sites (N-methyl/N-ethyl adjacent to an activating group) is 2. The van der Waals surface area contributed by atoms with Crippen LogP contribution < -0.4 is 10.6 Å². The molecule has 0 saturated carbocycles. The molecule has 1 fully saturated rings. The number of sulfonamides is 1. The van der Waals surface area contributed by atoms with Gasteiger partial charge < -0.3 is 39.8 Å². The van der Waals surface area contributed by atoms with Gasteiger partial charge in [0.25, 0.3) is 0 Å². The van der Waals surface area contributed by atoms with Gasteiger partial charge in [-0.2, -0.15) is 4.31 Å². The maximum Gasteiger partial charge on any atom is 0.407 e. The number of aliphatic hydroxyl groups is 1. The third-order valence-corrected chi connectivity index (χ3v) is 9.59. The minimum atomic E-state index is -4.06. The fourth-order valence-corrected chi connectivity index (χ4v) is 6.65. The summed E-state index contributed by atoms with van der Waals surface area (Å²) < 4.78 is 45.2. The van der Waals surface area contributed by atoms with Crippen molar-refractivity contribution in [1.29, 1.82) is 0 Å². The minimum absolute atomic E-state index is 0.0126. The van der Waals surface area contributed by atoms with Crippen molar-refractivity contribution in [2.24, 2.45) is 5.92 Å². The zero-order valence-electron chi connectivity index (χ0n) is 28.8. The fourth-order valence-electron chi connectivity index (χ4n) is 5.03. The van der Waals surface area contributed by atoms with E-state index >= 15 is 0 Å². The first-order valence-corrected chi connectivity index (χ1v) is 17.9. The highest BCUT2D eigenvalue weighted by Crippen LogP contribution is 2.21. The van der Waals surface area contributed by atoms with Gasteiger partial charge in [-0.3, -0.25) is 4.79 Å². The summed E-state index contributed by atoms with van der Waals surface area (Å²) in [5, 5.41) is 16.9. The predicted molar refractivity (Wildman–Crippen MR) is 184 cm³/mol. The lowest BCUT2D eigenvalue weighted by atomic mass is 10.0. The molecule has 0 bridgehead atoms. The lowest BCUT2D eigenvalue weighted by Crippen LogP contribution is -2.51. The number of nitrogens with zero attached hydrogens (tertiary/aromatic N) is 3. The number of anilines is 1. The standard InChI is InChI=1S/C34H53N5O8S/c1-26(2)22-39(23-32(40)31(21-27-9-7-6-8-10-27)36-34(42)47-29-15-19-45-24-29)48(43,44)30-13-11-28(12-14-30)35-33(41)25-46-20-18-38(5)17-16-37(3)4/h6-14,26,29,31-32,40H,15-25H2,1-5H3,(H,35,41)(H,36,42)/t29-,31-,32+/m0/s1. The van der Waals surface area contributed by atoms with Crippen LogP contribution in [0.3, 0.4) is 0 Å². The number of benzene rings is 2. The van der Waals surface area contributed by atoms with Gasteiger partial charge in [-0.05, 0) is 63.3 Å². The molecule has 2 aromatic carbocycles. The second-order valence-corrected chi connectivity index (χ2v) is 14.8. The van der Waals surface area contributed by atoms with Crippen molar-refractivity contribution in [2.75, 3.05) is 85.6 Å². The van der Waals surface area contributed by atoms with Crippen LogP contribution in [0.15, 0.2) is 59.5 Å². The highest BCUT2D eigenvalue weighted by atomic mass is 32.2. The molecule has 13 nitrogen and oxygen atoms in total. The van der Waals surface area contributed by atoms with Crippen LogP contribution in [0.2, 0.25) is 0 Å². The molecule has 14 heteroatoms. The predicted octanol–water partition coefficient (Wildman–Crippen LogP) is 2.27. The Morgan fingerprint density at radius 3 is 2.33 bits per heavy atom. The Morgan fingerprint density at radius 2 is 1.71 bits per heavy atom. The van der Waals surface area contributed by atoms with Gasteiger partial charge >= 0.3 is 6.09 Å². The maximum absolute atomic E-state index is 13.9. The van der Waals surface area contributed by atoms with Crippen molar-refractivity contribution < 1.29 is 37.3 Å². The first kappa shape index (κ1) is 39.3. The van der Waals surface area contributed by atoms with E-state index in [2.05, 4.69) is 20.4 Å². The normalized spacial score (nSPS) is 16.4. The molecule has 2 aromatic rings. The smallest absolute Gasteiger partial charge is 0.407 e. The number of nitrogens with one attached hydrogen (secondary N) is 2. The molecular formula is C34H53N5O8S. The van der Waals surface area contributed by atoms with Crippen LogP contribution in [-0.4, -0.2) is 138 Å². The van der Waals surface area contributed by atoms with Crippen LogP contribution >= 0.6 is 0 Å². The van der Waals surface area contributed by atoms with E-state index < -0.39 is 28.3 Å².